The molecule has 0 spiro atoms. The van der Waals surface area contributed by atoms with E-state index >= 15 is 0 Å². The molecule has 6 N–H and O–H groups in total. The highest BCUT2D eigenvalue weighted by atomic mass is 16.6. The molecule has 0 heterocycles. The van der Waals surface area contributed by atoms with E-state index in [1.54, 1.807) is 48.5 Å². The van der Waals surface area contributed by atoms with Crippen LogP contribution in [0.3, 0.4) is 0 Å². The summed E-state index contributed by atoms with van der Waals surface area (Å²) in [7, 11) is 0. The van der Waals surface area contributed by atoms with Gasteiger partial charge in [-0.3, -0.25) is 20.4 Å². The minimum Gasteiger partial charge on any atom is -0.487 e. The van der Waals surface area contributed by atoms with Gasteiger partial charge in [0, 0.05) is 0 Å². The van der Waals surface area contributed by atoms with E-state index in [2.05, 4.69) is 0 Å². The summed E-state index contributed by atoms with van der Waals surface area (Å²) in [6, 6.07) is 13.9. The Morgan fingerprint density at radius 2 is 0.968 bits per heavy atom. The standard InChI is InChI=1S/C20H26N4O7/c21-23-19(25)13-30-17-7-3-1-5-15(17)28-11-9-27-10-12-29-16-6-2-4-8-18(16)31-14-20(26)24-22/h1-8H,9-14,21-22H2,(H,23,25)(H,24,26). The second-order valence-corrected chi connectivity index (χ2v) is 5.92. The molecule has 11 nitrogen and oxygen atoms in total. The summed E-state index contributed by atoms with van der Waals surface area (Å²) in [5, 5.41) is 0. The zero-order chi connectivity index (χ0) is 22.3. The lowest BCUT2D eigenvalue weighted by Crippen LogP contribution is -2.34. The molecule has 2 aromatic carbocycles. The number of nitrogens with two attached hydrogens (primary N) is 2. The maximum absolute atomic E-state index is 11.2. The van der Waals surface area contributed by atoms with Gasteiger partial charge in [-0.05, 0) is 24.3 Å². The summed E-state index contributed by atoms with van der Waals surface area (Å²) in [5.41, 5.74) is 3.98. The van der Waals surface area contributed by atoms with Gasteiger partial charge in [0.05, 0.1) is 13.2 Å². The highest BCUT2D eigenvalue weighted by Gasteiger charge is 2.08. The summed E-state index contributed by atoms with van der Waals surface area (Å²) >= 11 is 0. The van der Waals surface area contributed by atoms with E-state index in [9.17, 15) is 9.59 Å². The summed E-state index contributed by atoms with van der Waals surface area (Å²) in [4.78, 5) is 22.4. The van der Waals surface area contributed by atoms with Gasteiger partial charge < -0.3 is 23.7 Å². The fourth-order valence-corrected chi connectivity index (χ4v) is 2.27. The van der Waals surface area contributed by atoms with Crippen LogP contribution in [0.25, 0.3) is 0 Å². The van der Waals surface area contributed by atoms with Crippen molar-refractivity contribution < 1.29 is 33.3 Å². The number of benzene rings is 2. The number of para-hydroxylation sites is 4. The lowest BCUT2D eigenvalue weighted by Gasteiger charge is -2.13. The summed E-state index contributed by atoms with van der Waals surface area (Å²) in [6.45, 7) is 0.750. The van der Waals surface area contributed by atoms with Crippen LogP contribution in [0.2, 0.25) is 0 Å². The van der Waals surface area contributed by atoms with Crippen molar-refractivity contribution in [1.29, 1.82) is 0 Å². The zero-order valence-electron chi connectivity index (χ0n) is 16.9. The van der Waals surface area contributed by atoms with E-state index in [0.717, 1.165) is 0 Å². The maximum Gasteiger partial charge on any atom is 0.271 e. The average molecular weight is 434 g/mol. The van der Waals surface area contributed by atoms with Crippen LogP contribution in [0.5, 0.6) is 23.0 Å². The summed E-state index contributed by atoms with van der Waals surface area (Å²) in [5.74, 6) is 11.0. The van der Waals surface area contributed by atoms with Gasteiger partial charge in [0.25, 0.3) is 11.8 Å². The normalized spacial score (nSPS) is 10.1. The SMILES string of the molecule is NNC(=O)COc1ccccc1OCCOCCOc1ccccc1OCC(=O)NN. The van der Waals surface area contributed by atoms with Crippen molar-refractivity contribution in [3.05, 3.63) is 48.5 Å². The molecule has 168 valence electrons. The van der Waals surface area contributed by atoms with E-state index in [1.165, 1.54) is 0 Å². The van der Waals surface area contributed by atoms with Gasteiger partial charge in [-0.15, -0.1) is 0 Å². The van der Waals surface area contributed by atoms with Crippen LogP contribution in [0.4, 0.5) is 0 Å². The molecule has 31 heavy (non-hydrogen) atoms. The molecule has 0 fully saturated rings. The van der Waals surface area contributed by atoms with Crippen molar-refractivity contribution in [2.45, 2.75) is 0 Å². The first-order valence-electron chi connectivity index (χ1n) is 9.40. The van der Waals surface area contributed by atoms with Crippen LogP contribution in [0.15, 0.2) is 48.5 Å². The Balaban J connectivity index is 1.67. The smallest absolute Gasteiger partial charge is 0.271 e. The maximum atomic E-state index is 11.2. The minimum atomic E-state index is -0.451. The molecule has 0 radical (unpaired) electrons. The topological polar surface area (TPSA) is 156 Å². The quantitative estimate of drug-likeness (QED) is 0.138. The first-order valence-corrected chi connectivity index (χ1v) is 9.40. The van der Waals surface area contributed by atoms with E-state index in [1.807, 2.05) is 10.9 Å². The number of hydrogen-bond acceptors (Lipinski definition) is 9. The molecule has 0 saturated heterocycles. The Labute approximate surface area is 179 Å². The van der Waals surface area contributed by atoms with E-state index in [0.29, 0.717) is 36.2 Å². The molecule has 11 heteroatoms. The first-order chi connectivity index (χ1) is 15.1. The third-order valence-corrected chi connectivity index (χ3v) is 3.71. The van der Waals surface area contributed by atoms with E-state index < -0.39 is 11.8 Å². The Kier molecular flexibility index (Phi) is 10.4. The van der Waals surface area contributed by atoms with Gasteiger partial charge in [0.15, 0.2) is 36.2 Å². The van der Waals surface area contributed by atoms with Crippen molar-refractivity contribution in [2.75, 3.05) is 39.6 Å². The van der Waals surface area contributed by atoms with Crippen LogP contribution < -0.4 is 41.5 Å². The molecule has 2 aromatic rings. The number of nitrogens with one attached hydrogen (secondary N) is 2. The monoisotopic (exact) mass is 434 g/mol. The Hall–Kier alpha value is -3.54. The molecule has 0 aliphatic heterocycles. The molecule has 0 bridgehead atoms. The van der Waals surface area contributed by atoms with Crippen molar-refractivity contribution >= 4 is 11.8 Å². The first kappa shape index (κ1) is 23.7. The predicted molar refractivity (Wildman–Crippen MR) is 110 cm³/mol. The summed E-state index contributed by atoms with van der Waals surface area (Å²) < 4.78 is 27.5. The van der Waals surface area contributed by atoms with Crippen molar-refractivity contribution in [1.82, 2.24) is 10.9 Å². The second-order valence-electron chi connectivity index (χ2n) is 5.92. The number of hydrazine groups is 2. The van der Waals surface area contributed by atoms with Crippen LogP contribution in [-0.2, 0) is 14.3 Å². The zero-order valence-corrected chi connectivity index (χ0v) is 16.9. The Morgan fingerprint density at radius 3 is 1.32 bits per heavy atom. The molecule has 2 rings (SSSR count). The number of hydrogen-bond donors (Lipinski definition) is 4. The van der Waals surface area contributed by atoms with Gasteiger partial charge >= 0.3 is 0 Å². The fraction of sp³-hybridized carbons (Fsp3) is 0.300. The molecule has 2 amide bonds. The molecule has 0 unspecified atom stereocenters. The Bertz CT molecular complexity index is 767. The van der Waals surface area contributed by atoms with E-state index in [4.69, 9.17) is 35.4 Å². The molecule has 0 aliphatic rings. The number of rotatable bonds is 14. The number of amides is 2. The van der Waals surface area contributed by atoms with Gasteiger partial charge in [-0.1, -0.05) is 24.3 Å². The molecular formula is C20H26N4O7. The highest BCUT2D eigenvalue weighted by molar-refractivity contribution is 5.77. The Morgan fingerprint density at radius 1 is 0.613 bits per heavy atom. The van der Waals surface area contributed by atoms with Crippen LogP contribution in [0.1, 0.15) is 0 Å². The lowest BCUT2D eigenvalue weighted by atomic mass is 10.3. The third kappa shape index (κ3) is 8.78. The molecule has 0 atom stereocenters. The minimum absolute atomic E-state index is 0.215. The van der Waals surface area contributed by atoms with Gasteiger partial charge in [0.2, 0.25) is 0 Å². The number of carbonyl (C=O) groups excluding carboxylic acids is 2. The van der Waals surface area contributed by atoms with Crippen molar-refractivity contribution in [3.8, 4) is 23.0 Å². The number of ether oxygens (including phenoxy) is 5. The molecular weight excluding hydrogens is 408 g/mol. The van der Waals surface area contributed by atoms with Gasteiger partial charge in [0.1, 0.15) is 13.2 Å². The summed E-state index contributed by atoms with van der Waals surface area (Å²) in [6.07, 6.45) is 0. The van der Waals surface area contributed by atoms with Crippen LogP contribution in [0, 0.1) is 0 Å². The van der Waals surface area contributed by atoms with Crippen molar-refractivity contribution in [3.63, 3.8) is 0 Å². The highest BCUT2D eigenvalue weighted by Crippen LogP contribution is 2.27. The number of carbonyl (C=O) groups is 2. The predicted octanol–water partition coefficient (Wildman–Crippen LogP) is -0.102. The second kappa shape index (κ2) is 13.6. The van der Waals surface area contributed by atoms with Crippen molar-refractivity contribution in [2.24, 2.45) is 11.7 Å². The average Bonchev–Trinajstić information content (AvgIpc) is 2.81. The fourth-order valence-electron chi connectivity index (χ4n) is 2.27. The largest absolute Gasteiger partial charge is 0.487 e. The molecule has 0 aromatic heterocycles. The van der Waals surface area contributed by atoms with Gasteiger partial charge in [-0.25, -0.2) is 11.7 Å². The lowest BCUT2D eigenvalue weighted by molar-refractivity contribution is -0.123. The molecule has 0 aliphatic carbocycles. The third-order valence-electron chi connectivity index (χ3n) is 3.71. The molecule has 0 saturated carbocycles. The van der Waals surface area contributed by atoms with Gasteiger partial charge in [-0.2, -0.15) is 0 Å². The van der Waals surface area contributed by atoms with Crippen LogP contribution in [-0.4, -0.2) is 51.5 Å². The van der Waals surface area contributed by atoms with Crippen LogP contribution >= 0.6 is 0 Å². The van der Waals surface area contributed by atoms with E-state index in [-0.39, 0.29) is 26.4 Å².